The molecule has 1 amide bonds. The first kappa shape index (κ1) is 21.0. The quantitative estimate of drug-likeness (QED) is 0.499. The van der Waals surface area contributed by atoms with Gasteiger partial charge >= 0.3 is 0 Å². The zero-order chi connectivity index (χ0) is 21.8. The summed E-state index contributed by atoms with van der Waals surface area (Å²) in [7, 11) is 3.11. The summed E-state index contributed by atoms with van der Waals surface area (Å²) in [5, 5.41) is 9.40. The van der Waals surface area contributed by atoms with Crippen molar-refractivity contribution < 1.29 is 14.3 Å². The van der Waals surface area contributed by atoms with Crippen LogP contribution in [0, 0.1) is 0 Å². The number of hydrogen-bond acceptors (Lipinski definition) is 6. The van der Waals surface area contributed by atoms with Crippen LogP contribution in [-0.2, 0) is 0 Å². The van der Waals surface area contributed by atoms with Crippen LogP contribution in [0.1, 0.15) is 42.9 Å². The number of nitrogens with one attached hydrogen (secondary N) is 1. The number of ether oxygens (including phenoxy) is 2. The molecular formula is C22H24N4O4. The van der Waals surface area contributed by atoms with E-state index in [9.17, 15) is 9.59 Å². The Bertz CT molecular complexity index is 1180. The Morgan fingerprint density at radius 1 is 1.07 bits per heavy atom. The van der Waals surface area contributed by atoms with E-state index < -0.39 is 5.91 Å². The summed E-state index contributed by atoms with van der Waals surface area (Å²) in [4.78, 5) is 25.5. The summed E-state index contributed by atoms with van der Waals surface area (Å²) in [6.07, 6.45) is 0. The highest BCUT2D eigenvalue weighted by atomic mass is 16.5. The van der Waals surface area contributed by atoms with E-state index in [1.165, 1.54) is 4.68 Å². The average Bonchev–Trinajstić information content (AvgIpc) is 2.76. The molecule has 2 aromatic carbocycles. The van der Waals surface area contributed by atoms with Gasteiger partial charge in [0.1, 0.15) is 0 Å². The molecule has 0 radical (unpaired) electrons. The maximum Gasteiger partial charge on any atom is 0.292 e. The largest absolute Gasteiger partial charge is 0.493 e. The molecule has 0 fully saturated rings. The lowest BCUT2D eigenvalue weighted by molar-refractivity contribution is 0.0949. The highest BCUT2D eigenvalue weighted by Crippen LogP contribution is 2.27. The number of carbonyl (C=O) groups is 1. The highest BCUT2D eigenvalue weighted by Gasteiger charge is 2.17. The van der Waals surface area contributed by atoms with Crippen molar-refractivity contribution in [2.75, 3.05) is 14.2 Å². The average molecular weight is 408 g/mol. The van der Waals surface area contributed by atoms with Crippen molar-refractivity contribution in [2.45, 2.75) is 26.8 Å². The van der Waals surface area contributed by atoms with E-state index in [0.29, 0.717) is 28.0 Å². The van der Waals surface area contributed by atoms with Gasteiger partial charge in [0.05, 0.1) is 31.4 Å². The number of rotatable bonds is 6. The van der Waals surface area contributed by atoms with Gasteiger partial charge < -0.3 is 9.47 Å². The van der Waals surface area contributed by atoms with Gasteiger partial charge in [-0.05, 0) is 45.0 Å². The van der Waals surface area contributed by atoms with Crippen LogP contribution in [0.15, 0.2) is 52.4 Å². The van der Waals surface area contributed by atoms with Crippen LogP contribution in [-0.4, -0.2) is 35.6 Å². The Labute approximate surface area is 174 Å². The summed E-state index contributed by atoms with van der Waals surface area (Å²) in [6.45, 7) is 5.44. The lowest BCUT2D eigenvalue weighted by atomic mass is 10.1. The second-order valence-electron chi connectivity index (χ2n) is 6.95. The molecule has 0 atom stereocenters. The van der Waals surface area contributed by atoms with Gasteiger partial charge in [-0.1, -0.05) is 18.2 Å². The van der Waals surface area contributed by atoms with Crippen LogP contribution in [0.2, 0.25) is 0 Å². The van der Waals surface area contributed by atoms with E-state index in [0.717, 1.165) is 5.56 Å². The third-order valence-corrected chi connectivity index (χ3v) is 4.66. The number of aromatic nitrogens is 2. The van der Waals surface area contributed by atoms with E-state index in [-0.39, 0.29) is 17.3 Å². The van der Waals surface area contributed by atoms with Gasteiger partial charge in [-0.15, -0.1) is 0 Å². The van der Waals surface area contributed by atoms with Gasteiger partial charge in [-0.2, -0.15) is 10.2 Å². The van der Waals surface area contributed by atoms with E-state index in [1.807, 2.05) is 19.9 Å². The van der Waals surface area contributed by atoms with Crippen LogP contribution in [0.4, 0.5) is 0 Å². The molecule has 156 valence electrons. The molecule has 3 aromatic rings. The van der Waals surface area contributed by atoms with Gasteiger partial charge in [0, 0.05) is 10.9 Å². The van der Waals surface area contributed by atoms with Crippen LogP contribution >= 0.6 is 0 Å². The molecule has 0 aliphatic carbocycles. The normalized spacial score (nSPS) is 11.6. The molecule has 0 bridgehead atoms. The van der Waals surface area contributed by atoms with Crippen molar-refractivity contribution in [1.29, 1.82) is 0 Å². The predicted octanol–water partition coefficient (Wildman–Crippen LogP) is 3.15. The Balaban J connectivity index is 1.95. The molecule has 3 rings (SSSR count). The Kier molecular flexibility index (Phi) is 6.15. The highest BCUT2D eigenvalue weighted by molar-refractivity contribution is 6.06. The summed E-state index contributed by atoms with van der Waals surface area (Å²) >= 11 is 0. The molecule has 1 aromatic heterocycles. The van der Waals surface area contributed by atoms with E-state index in [1.54, 1.807) is 57.5 Å². The van der Waals surface area contributed by atoms with E-state index in [4.69, 9.17) is 9.47 Å². The maximum absolute atomic E-state index is 12.9. The fraction of sp³-hybridized carbons (Fsp3) is 0.273. The van der Waals surface area contributed by atoms with Crippen LogP contribution in [0.3, 0.4) is 0 Å². The van der Waals surface area contributed by atoms with Gasteiger partial charge in [-0.3, -0.25) is 9.59 Å². The molecule has 1 heterocycles. The van der Waals surface area contributed by atoms with Crippen molar-refractivity contribution in [3.05, 3.63) is 64.1 Å². The summed E-state index contributed by atoms with van der Waals surface area (Å²) in [6, 6.07) is 12.1. The molecule has 0 aliphatic heterocycles. The number of benzene rings is 2. The molecule has 0 aliphatic rings. The molecular weight excluding hydrogens is 384 g/mol. The smallest absolute Gasteiger partial charge is 0.292 e. The number of fused-ring (bicyclic) bond motifs is 1. The van der Waals surface area contributed by atoms with Crippen LogP contribution in [0.25, 0.3) is 10.8 Å². The van der Waals surface area contributed by atoms with E-state index >= 15 is 0 Å². The first-order valence-electron chi connectivity index (χ1n) is 9.46. The Morgan fingerprint density at radius 2 is 1.73 bits per heavy atom. The van der Waals surface area contributed by atoms with Crippen molar-refractivity contribution in [3.63, 3.8) is 0 Å². The second-order valence-corrected chi connectivity index (χ2v) is 6.95. The number of carbonyl (C=O) groups excluding carboxylic acids is 1. The molecule has 0 spiro atoms. The Morgan fingerprint density at radius 3 is 2.37 bits per heavy atom. The minimum atomic E-state index is -0.500. The molecule has 30 heavy (non-hydrogen) atoms. The maximum atomic E-state index is 12.9. The zero-order valence-electron chi connectivity index (χ0n) is 17.6. The summed E-state index contributed by atoms with van der Waals surface area (Å²) in [5.41, 5.74) is 3.78. The number of methoxy groups -OCH3 is 2. The third kappa shape index (κ3) is 4.03. The fourth-order valence-electron chi connectivity index (χ4n) is 3.04. The molecule has 0 saturated carbocycles. The number of nitrogens with zero attached hydrogens (tertiary/aromatic N) is 3. The SMILES string of the molecule is COc1ccc(/C(C)=N\NC(=O)c2nn(C(C)C)c(=O)c3ccccc23)cc1OC. The van der Waals surface area contributed by atoms with Crippen LogP contribution < -0.4 is 20.5 Å². The van der Waals surface area contributed by atoms with Gasteiger partial charge in [0.2, 0.25) is 0 Å². The standard InChI is InChI=1S/C22H24N4O4/c1-13(2)26-22(28)17-9-7-6-8-16(17)20(25-26)21(27)24-23-14(3)15-10-11-18(29-4)19(12-15)30-5/h6-13H,1-5H3,(H,24,27)/b23-14-. The molecule has 0 saturated heterocycles. The Hall–Kier alpha value is -3.68. The lowest BCUT2D eigenvalue weighted by Gasteiger charge is -2.13. The molecule has 0 unspecified atom stereocenters. The van der Waals surface area contributed by atoms with Crippen LogP contribution in [0.5, 0.6) is 11.5 Å². The number of hydrogen-bond donors (Lipinski definition) is 1. The number of hydrazone groups is 1. The predicted molar refractivity (Wildman–Crippen MR) is 116 cm³/mol. The summed E-state index contributed by atoms with van der Waals surface area (Å²) < 4.78 is 11.9. The summed E-state index contributed by atoms with van der Waals surface area (Å²) in [5.74, 6) is 0.665. The van der Waals surface area contributed by atoms with E-state index in [2.05, 4.69) is 15.6 Å². The first-order chi connectivity index (χ1) is 14.4. The van der Waals surface area contributed by atoms with Gasteiger partial charge in [-0.25, -0.2) is 10.1 Å². The van der Waals surface area contributed by atoms with Gasteiger partial charge in [0.25, 0.3) is 11.5 Å². The molecule has 1 N–H and O–H groups in total. The van der Waals surface area contributed by atoms with Crippen molar-refractivity contribution in [2.24, 2.45) is 5.10 Å². The number of amides is 1. The zero-order valence-corrected chi connectivity index (χ0v) is 17.6. The second kappa shape index (κ2) is 8.77. The minimum absolute atomic E-state index is 0.141. The fourth-order valence-corrected chi connectivity index (χ4v) is 3.04. The third-order valence-electron chi connectivity index (χ3n) is 4.66. The molecule has 8 nitrogen and oxygen atoms in total. The van der Waals surface area contributed by atoms with Gasteiger partial charge in [0.15, 0.2) is 17.2 Å². The first-order valence-corrected chi connectivity index (χ1v) is 9.46. The van der Waals surface area contributed by atoms with Crippen molar-refractivity contribution in [1.82, 2.24) is 15.2 Å². The van der Waals surface area contributed by atoms with Crippen molar-refractivity contribution >= 4 is 22.4 Å². The lowest BCUT2D eigenvalue weighted by Crippen LogP contribution is -2.30. The topological polar surface area (TPSA) is 94.8 Å². The van der Waals surface area contributed by atoms with Crippen molar-refractivity contribution in [3.8, 4) is 11.5 Å². The molecule has 8 heteroatoms. The minimum Gasteiger partial charge on any atom is -0.493 e. The monoisotopic (exact) mass is 408 g/mol.